The minimum absolute atomic E-state index is 0.0938. The van der Waals surface area contributed by atoms with Crippen LogP contribution in [-0.2, 0) is 6.42 Å². The molecule has 0 atom stereocenters. The van der Waals surface area contributed by atoms with Crippen molar-refractivity contribution in [2.75, 3.05) is 11.4 Å². The van der Waals surface area contributed by atoms with Crippen LogP contribution in [0.2, 0.25) is 0 Å². The van der Waals surface area contributed by atoms with Gasteiger partial charge in [0.15, 0.2) is 0 Å². The zero-order chi connectivity index (χ0) is 14.0. The van der Waals surface area contributed by atoms with E-state index in [-0.39, 0.29) is 5.56 Å². The van der Waals surface area contributed by atoms with E-state index in [1.54, 1.807) is 6.33 Å². The Morgan fingerprint density at radius 2 is 2.10 bits per heavy atom. The van der Waals surface area contributed by atoms with E-state index in [4.69, 9.17) is 0 Å². The van der Waals surface area contributed by atoms with E-state index in [2.05, 4.69) is 44.8 Å². The van der Waals surface area contributed by atoms with Gasteiger partial charge in [-0.2, -0.15) is 4.98 Å². The van der Waals surface area contributed by atoms with Gasteiger partial charge in [0.2, 0.25) is 0 Å². The first-order chi connectivity index (χ1) is 10.3. The predicted octanol–water partition coefficient (Wildman–Crippen LogP) is 2.58. The average Bonchev–Trinajstić information content (AvgIpc) is 2.78. The fraction of sp³-hybridized carbons (Fsp3) is 0.176. The SMILES string of the molecule is O=c1ncn2c3c4c1CCCN4C=Cc3c1ccccc12. The molecule has 4 heterocycles. The molecule has 0 amide bonds. The van der Waals surface area contributed by atoms with Gasteiger partial charge < -0.3 is 4.90 Å². The largest absolute Gasteiger partial charge is 0.346 e. The summed E-state index contributed by atoms with van der Waals surface area (Å²) in [4.78, 5) is 18.7. The van der Waals surface area contributed by atoms with Crippen molar-refractivity contribution < 1.29 is 0 Å². The number of para-hydroxylation sites is 1. The molecule has 0 radical (unpaired) electrons. The molecule has 1 aromatic carbocycles. The Balaban J connectivity index is 2.14. The number of nitrogens with zero attached hydrogens (tertiary/aromatic N) is 3. The molecule has 0 spiro atoms. The molecule has 2 aromatic heterocycles. The van der Waals surface area contributed by atoms with Crippen LogP contribution < -0.4 is 10.5 Å². The number of rotatable bonds is 0. The Kier molecular flexibility index (Phi) is 1.97. The molecule has 0 N–H and O–H groups in total. The highest BCUT2D eigenvalue weighted by atomic mass is 16.1. The molecule has 0 fully saturated rings. The van der Waals surface area contributed by atoms with Gasteiger partial charge in [0.1, 0.15) is 6.33 Å². The van der Waals surface area contributed by atoms with Crippen molar-refractivity contribution in [2.45, 2.75) is 12.8 Å². The third kappa shape index (κ3) is 1.29. The molecule has 2 aliphatic heterocycles. The Labute approximate surface area is 121 Å². The van der Waals surface area contributed by atoms with E-state index in [0.29, 0.717) is 0 Å². The van der Waals surface area contributed by atoms with Gasteiger partial charge in [-0.3, -0.25) is 9.20 Å². The first-order valence-electron chi connectivity index (χ1n) is 7.24. The monoisotopic (exact) mass is 275 g/mol. The first-order valence-corrected chi connectivity index (χ1v) is 7.24. The number of anilines is 1. The van der Waals surface area contributed by atoms with Crippen LogP contribution in [0.4, 0.5) is 5.69 Å². The third-order valence-electron chi connectivity index (χ3n) is 4.54. The summed E-state index contributed by atoms with van der Waals surface area (Å²) in [6.07, 6.45) is 7.76. The summed E-state index contributed by atoms with van der Waals surface area (Å²) in [5, 5.41) is 1.21. The molecule has 5 rings (SSSR count). The molecule has 102 valence electrons. The average molecular weight is 275 g/mol. The van der Waals surface area contributed by atoms with Gasteiger partial charge in [0.25, 0.3) is 5.56 Å². The summed E-state index contributed by atoms with van der Waals surface area (Å²) in [6, 6.07) is 8.29. The van der Waals surface area contributed by atoms with Crippen molar-refractivity contribution in [3.05, 3.63) is 58.3 Å². The summed E-state index contributed by atoms with van der Waals surface area (Å²) in [5.41, 5.74) is 5.22. The lowest BCUT2D eigenvalue weighted by atomic mass is 10.00. The van der Waals surface area contributed by atoms with Crippen LogP contribution in [-0.4, -0.2) is 15.9 Å². The number of aromatic nitrogens is 2. The summed E-state index contributed by atoms with van der Waals surface area (Å²) < 4.78 is 2.06. The second kappa shape index (κ2) is 3.73. The topological polar surface area (TPSA) is 37.6 Å². The second-order valence-corrected chi connectivity index (χ2v) is 5.64. The van der Waals surface area contributed by atoms with Crippen LogP contribution in [0.3, 0.4) is 0 Å². The summed E-state index contributed by atoms with van der Waals surface area (Å²) in [6.45, 7) is 0.962. The van der Waals surface area contributed by atoms with Crippen LogP contribution in [0.1, 0.15) is 17.5 Å². The molecule has 0 aliphatic carbocycles. The minimum atomic E-state index is -0.0938. The summed E-state index contributed by atoms with van der Waals surface area (Å²) >= 11 is 0. The maximum absolute atomic E-state index is 12.3. The lowest BCUT2D eigenvalue weighted by Crippen LogP contribution is -2.28. The van der Waals surface area contributed by atoms with E-state index in [1.165, 1.54) is 10.9 Å². The van der Waals surface area contributed by atoms with Crippen molar-refractivity contribution >= 4 is 28.2 Å². The Hall–Kier alpha value is -2.62. The van der Waals surface area contributed by atoms with Gasteiger partial charge in [-0.1, -0.05) is 18.2 Å². The molecule has 3 aromatic rings. The normalized spacial score (nSPS) is 15.9. The van der Waals surface area contributed by atoms with E-state index in [0.717, 1.165) is 41.7 Å². The number of hydrogen-bond acceptors (Lipinski definition) is 3. The van der Waals surface area contributed by atoms with Crippen LogP contribution in [0.15, 0.2) is 41.6 Å². The maximum atomic E-state index is 12.3. The fourth-order valence-electron chi connectivity index (χ4n) is 3.64. The highest BCUT2D eigenvalue weighted by molar-refractivity contribution is 6.05. The molecule has 0 unspecified atom stereocenters. The molecule has 4 nitrogen and oxygen atoms in total. The maximum Gasteiger partial charge on any atom is 0.276 e. The second-order valence-electron chi connectivity index (χ2n) is 5.64. The van der Waals surface area contributed by atoms with Crippen molar-refractivity contribution in [1.82, 2.24) is 9.38 Å². The van der Waals surface area contributed by atoms with Crippen molar-refractivity contribution in [3.63, 3.8) is 0 Å². The van der Waals surface area contributed by atoms with Gasteiger partial charge in [-0.15, -0.1) is 0 Å². The molecule has 2 aliphatic rings. The van der Waals surface area contributed by atoms with Crippen LogP contribution in [0, 0.1) is 0 Å². The highest BCUT2D eigenvalue weighted by Crippen LogP contribution is 2.39. The van der Waals surface area contributed by atoms with E-state index >= 15 is 0 Å². The van der Waals surface area contributed by atoms with Gasteiger partial charge in [-0.05, 0) is 25.0 Å². The fourth-order valence-corrected chi connectivity index (χ4v) is 3.64. The number of hydrogen-bond donors (Lipinski definition) is 0. The Bertz CT molecular complexity index is 1000. The quantitative estimate of drug-likeness (QED) is 0.633. The Morgan fingerprint density at radius 1 is 1.19 bits per heavy atom. The third-order valence-corrected chi connectivity index (χ3v) is 4.54. The lowest BCUT2D eigenvalue weighted by molar-refractivity contribution is 0.759. The highest BCUT2D eigenvalue weighted by Gasteiger charge is 2.26. The minimum Gasteiger partial charge on any atom is -0.346 e. The zero-order valence-electron chi connectivity index (χ0n) is 11.4. The molecule has 0 bridgehead atoms. The van der Waals surface area contributed by atoms with Crippen molar-refractivity contribution in [2.24, 2.45) is 0 Å². The van der Waals surface area contributed by atoms with Gasteiger partial charge in [0.05, 0.1) is 16.7 Å². The number of benzene rings is 1. The molecule has 21 heavy (non-hydrogen) atoms. The van der Waals surface area contributed by atoms with E-state index in [9.17, 15) is 4.79 Å². The standard InChI is InChI=1S/C17H13N3O/c21-17-13-5-3-8-19-9-7-12-11-4-1-2-6-14(11)20(10-18-17)16(12)15(13)19/h1-2,4,6-7,9-10H,3,5,8H2. The smallest absolute Gasteiger partial charge is 0.276 e. The lowest BCUT2D eigenvalue weighted by Gasteiger charge is -2.29. The summed E-state index contributed by atoms with van der Waals surface area (Å²) in [5.74, 6) is 0. The van der Waals surface area contributed by atoms with Crippen LogP contribution in [0.25, 0.3) is 22.5 Å². The first kappa shape index (κ1) is 11.1. The van der Waals surface area contributed by atoms with Gasteiger partial charge >= 0.3 is 0 Å². The van der Waals surface area contributed by atoms with Crippen LogP contribution in [0.5, 0.6) is 0 Å². The number of fused-ring (bicyclic) bond motifs is 3. The molecule has 0 saturated heterocycles. The van der Waals surface area contributed by atoms with Crippen molar-refractivity contribution in [1.29, 1.82) is 0 Å². The summed E-state index contributed by atoms with van der Waals surface area (Å²) in [7, 11) is 0. The molecular formula is C17H13N3O. The van der Waals surface area contributed by atoms with Gasteiger partial charge in [-0.25, -0.2) is 0 Å². The Morgan fingerprint density at radius 3 is 3.05 bits per heavy atom. The van der Waals surface area contributed by atoms with Crippen LogP contribution >= 0.6 is 0 Å². The molecule has 0 saturated carbocycles. The van der Waals surface area contributed by atoms with E-state index in [1.807, 2.05) is 6.07 Å². The molecule has 4 heteroatoms. The predicted molar refractivity (Wildman–Crippen MR) is 83.7 cm³/mol. The zero-order valence-corrected chi connectivity index (χ0v) is 11.4. The van der Waals surface area contributed by atoms with E-state index < -0.39 is 0 Å². The molecular weight excluding hydrogens is 262 g/mol. The van der Waals surface area contributed by atoms with Gasteiger partial charge in [0, 0.05) is 29.3 Å². The van der Waals surface area contributed by atoms with Crippen molar-refractivity contribution in [3.8, 4) is 0 Å².